The first kappa shape index (κ1) is 7.63. The van der Waals surface area contributed by atoms with E-state index >= 15 is 0 Å². The molecule has 2 rings (SSSR count). The minimum Gasteiger partial charge on any atom is -0.261 e. The average Bonchev–Trinajstić information content (AvgIpc) is 2.59. The fraction of sp³-hybridized carbons (Fsp3) is 0.286. The Morgan fingerprint density at radius 2 is 2.08 bits per heavy atom. The second kappa shape index (κ2) is 3.59. The first-order valence-electron chi connectivity index (χ1n) is 3.86. The molecular formula is C7H11N5. The summed E-state index contributed by atoms with van der Waals surface area (Å²) >= 11 is 0. The van der Waals surface area contributed by atoms with Gasteiger partial charge in [0.1, 0.15) is 0 Å². The third-order valence-electron chi connectivity index (χ3n) is 1.69. The highest BCUT2D eigenvalue weighted by molar-refractivity contribution is 5.04. The van der Waals surface area contributed by atoms with Crippen molar-refractivity contribution in [2.24, 2.45) is 0 Å². The molecular weight excluding hydrogens is 154 g/mol. The van der Waals surface area contributed by atoms with E-state index in [4.69, 9.17) is 0 Å². The molecule has 0 radical (unpaired) electrons. The molecule has 0 unspecified atom stereocenters. The Morgan fingerprint density at radius 1 is 1.25 bits per heavy atom. The summed E-state index contributed by atoms with van der Waals surface area (Å²) in [6.07, 6.45) is 2.84. The Hall–Kier alpha value is -1.01. The van der Waals surface area contributed by atoms with Gasteiger partial charge in [-0.1, -0.05) is 6.07 Å². The van der Waals surface area contributed by atoms with Crippen molar-refractivity contribution in [2.45, 2.75) is 12.6 Å². The third kappa shape index (κ3) is 1.77. The number of hydrogen-bond acceptors (Lipinski definition) is 5. The molecule has 12 heavy (non-hydrogen) atoms. The first-order valence-corrected chi connectivity index (χ1v) is 3.86. The number of pyridine rings is 1. The van der Waals surface area contributed by atoms with Crippen molar-refractivity contribution in [1.82, 2.24) is 26.9 Å². The summed E-state index contributed by atoms with van der Waals surface area (Å²) in [7, 11) is 0. The molecule has 1 saturated heterocycles. The van der Waals surface area contributed by atoms with Crippen molar-refractivity contribution in [3.05, 3.63) is 30.1 Å². The predicted molar refractivity (Wildman–Crippen MR) is 44.3 cm³/mol. The van der Waals surface area contributed by atoms with Crippen LogP contribution >= 0.6 is 0 Å². The Kier molecular flexibility index (Phi) is 2.28. The monoisotopic (exact) mass is 165 g/mol. The molecule has 0 bridgehead atoms. The summed E-state index contributed by atoms with van der Waals surface area (Å²) in [5.74, 6) is 0. The zero-order valence-corrected chi connectivity index (χ0v) is 6.54. The van der Waals surface area contributed by atoms with Crippen LogP contribution in [0, 0.1) is 0 Å². The SMILES string of the molecule is c1ccc(CC2NNNN2)nc1. The van der Waals surface area contributed by atoms with Crippen LogP contribution in [0.5, 0.6) is 0 Å². The minimum absolute atomic E-state index is 0.194. The van der Waals surface area contributed by atoms with Gasteiger partial charge in [0.15, 0.2) is 0 Å². The van der Waals surface area contributed by atoms with E-state index in [1.807, 2.05) is 18.2 Å². The maximum Gasteiger partial charge on any atom is 0.0914 e. The largest absolute Gasteiger partial charge is 0.261 e. The van der Waals surface area contributed by atoms with Crippen LogP contribution < -0.4 is 21.9 Å². The van der Waals surface area contributed by atoms with Crippen LogP contribution in [0.3, 0.4) is 0 Å². The first-order chi connectivity index (χ1) is 5.95. The van der Waals surface area contributed by atoms with Crippen molar-refractivity contribution in [3.63, 3.8) is 0 Å². The van der Waals surface area contributed by atoms with Gasteiger partial charge in [0.25, 0.3) is 0 Å². The lowest BCUT2D eigenvalue weighted by Crippen LogP contribution is -2.35. The molecule has 0 amide bonds. The van der Waals surface area contributed by atoms with Gasteiger partial charge in [-0.15, -0.1) is 0 Å². The molecule has 0 saturated carbocycles. The minimum atomic E-state index is 0.194. The Balaban J connectivity index is 1.94. The molecule has 1 aliphatic rings. The maximum absolute atomic E-state index is 4.21. The fourth-order valence-electron chi connectivity index (χ4n) is 1.11. The van der Waals surface area contributed by atoms with Crippen LogP contribution in [0.1, 0.15) is 5.69 Å². The molecule has 0 atom stereocenters. The molecule has 0 spiro atoms. The van der Waals surface area contributed by atoms with Gasteiger partial charge in [0.05, 0.1) is 6.17 Å². The van der Waals surface area contributed by atoms with Crippen molar-refractivity contribution >= 4 is 0 Å². The molecule has 1 aliphatic heterocycles. The maximum atomic E-state index is 4.21. The molecule has 0 aromatic carbocycles. The van der Waals surface area contributed by atoms with Gasteiger partial charge in [0.2, 0.25) is 0 Å². The standard InChI is InChI=1S/C7H11N5/c1-2-4-8-6(3-1)5-7-9-11-12-10-7/h1-4,7,9-12H,5H2. The van der Waals surface area contributed by atoms with Gasteiger partial charge in [-0.05, 0) is 12.1 Å². The van der Waals surface area contributed by atoms with Gasteiger partial charge in [-0.2, -0.15) is 11.1 Å². The van der Waals surface area contributed by atoms with Crippen LogP contribution in [-0.4, -0.2) is 11.1 Å². The average molecular weight is 165 g/mol. The van der Waals surface area contributed by atoms with Gasteiger partial charge < -0.3 is 0 Å². The molecule has 64 valence electrons. The summed E-state index contributed by atoms with van der Waals surface area (Å²) in [6, 6.07) is 5.90. The van der Waals surface area contributed by atoms with E-state index < -0.39 is 0 Å². The molecule has 1 aromatic heterocycles. The van der Waals surface area contributed by atoms with E-state index in [1.165, 1.54) is 0 Å². The van der Waals surface area contributed by atoms with E-state index in [9.17, 15) is 0 Å². The number of nitrogens with zero attached hydrogens (tertiary/aromatic N) is 1. The molecule has 5 nitrogen and oxygen atoms in total. The quantitative estimate of drug-likeness (QED) is 0.456. The van der Waals surface area contributed by atoms with Crippen molar-refractivity contribution < 1.29 is 0 Å². The van der Waals surface area contributed by atoms with E-state index in [0.29, 0.717) is 0 Å². The highest BCUT2D eigenvalue weighted by Crippen LogP contribution is 1.96. The van der Waals surface area contributed by atoms with Crippen LogP contribution in [-0.2, 0) is 6.42 Å². The van der Waals surface area contributed by atoms with Crippen LogP contribution in [0.15, 0.2) is 24.4 Å². The summed E-state index contributed by atoms with van der Waals surface area (Å²) in [4.78, 5) is 4.21. The van der Waals surface area contributed by atoms with E-state index in [-0.39, 0.29) is 6.17 Å². The van der Waals surface area contributed by atoms with E-state index in [0.717, 1.165) is 12.1 Å². The van der Waals surface area contributed by atoms with Crippen molar-refractivity contribution in [3.8, 4) is 0 Å². The molecule has 1 fully saturated rings. The predicted octanol–water partition coefficient (Wildman–Crippen LogP) is -0.933. The molecule has 4 N–H and O–H groups in total. The van der Waals surface area contributed by atoms with Gasteiger partial charge >= 0.3 is 0 Å². The summed E-state index contributed by atoms with van der Waals surface area (Å²) in [6.45, 7) is 0. The molecule has 1 aromatic rings. The highest BCUT2D eigenvalue weighted by Gasteiger charge is 2.12. The normalized spacial score (nSPS) is 18.3. The van der Waals surface area contributed by atoms with Crippen LogP contribution in [0.25, 0.3) is 0 Å². The zero-order valence-electron chi connectivity index (χ0n) is 6.54. The molecule has 2 heterocycles. The van der Waals surface area contributed by atoms with Gasteiger partial charge in [0, 0.05) is 18.3 Å². The number of aromatic nitrogens is 1. The van der Waals surface area contributed by atoms with Gasteiger partial charge in [-0.3, -0.25) is 4.98 Å². The lowest BCUT2D eigenvalue weighted by Gasteiger charge is -2.06. The summed E-state index contributed by atoms with van der Waals surface area (Å²) in [5.41, 5.74) is 12.6. The lowest BCUT2D eigenvalue weighted by atomic mass is 10.2. The second-order valence-corrected chi connectivity index (χ2v) is 2.62. The van der Waals surface area contributed by atoms with Crippen LogP contribution in [0.2, 0.25) is 0 Å². The summed E-state index contributed by atoms with van der Waals surface area (Å²) < 4.78 is 0. The molecule has 5 heteroatoms. The van der Waals surface area contributed by atoms with Crippen molar-refractivity contribution in [1.29, 1.82) is 0 Å². The molecule has 0 aliphatic carbocycles. The number of nitrogens with one attached hydrogen (secondary N) is 4. The number of rotatable bonds is 2. The highest BCUT2D eigenvalue weighted by atomic mass is 15.8. The number of hydrazine groups is 3. The number of hydrogen-bond donors (Lipinski definition) is 4. The van der Waals surface area contributed by atoms with Crippen LogP contribution in [0.4, 0.5) is 0 Å². The Morgan fingerprint density at radius 3 is 2.75 bits per heavy atom. The van der Waals surface area contributed by atoms with Gasteiger partial charge in [-0.25, -0.2) is 10.9 Å². The Labute approximate surface area is 70.5 Å². The van der Waals surface area contributed by atoms with E-state index in [2.05, 4.69) is 26.9 Å². The van der Waals surface area contributed by atoms with Crippen molar-refractivity contribution in [2.75, 3.05) is 0 Å². The third-order valence-corrected chi connectivity index (χ3v) is 1.69. The zero-order chi connectivity index (χ0) is 8.23. The lowest BCUT2D eigenvalue weighted by molar-refractivity contribution is 0.517. The smallest absolute Gasteiger partial charge is 0.0914 e. The fourth-order valence-corrected chi connectivity index (χ4v) is 1.11. The topological polar surface area (TPSA) is 61.0 Å². The Bertz CT molecular complexity index is 231. The second-order valence-electron chi connectivity index (χ2n) is 2.62. The van der Waals surface area contributed by atoms with E-state index in [1.54, 1.807) is 6.20 Å². The summed E-state index contributed by atoms with van der Waals surface area (Å²) in [5, 5.41) is 0.